The molecule has 32 heavy (non-hydrogen) atoms. The second-order valence-corrected chi connectivity index (χ2v) is 7.29. The van der Waals surface area contributed by atoms with Crippen LogP contribution in [0.25, 0.3) is 5.57 Å². The second kappa shape index (κ2) is 13.1. The number of rotatable bonds is 9. The molecule has 1 aliphatic rings. The first-order chi connectivity index (χ1) is 15.6. The zero-order valence-electron chi connectivity index (χ0n) is 18.7. The number of nitroso groups, excluding NO2 is 1. The number of carbonyl (C=O) groups excluding carboxylic acids is 1. The van der Waals surface area contributed by atoms with Gasteiger partial charge < -0.3 is 14.6 Å². The summed E-state index contributed by atoms with van der Waals surface area (Å²) in [7, 11) is 1.66. The van der Waals surface area contributed by atoms with Gasteiger partial charge in [0.15, 0.2) is 11.5 Å². The molecular formula is C25H30N2O5. The topological polar surface area (TPSA) is 97.2 Å². The maximum Gasteiger partial charge on any atom is 0.229 e. The molecule has 7 heteroatoms. The van der Waals surface area contributed by atoms with E-state index in [2.05, 4.69) is 32.1 Å². The molecule has 2 aromatic carbocycles. The Morgan fingerprint density at radius 3 is 2.53 bits per heavy atom. The molecule has 0 aliphatic heterocycles. The quantitative estimate of drug-likeness (QED) is 0.329. The molecule has 2 N–H and O–H groups in total. The number of nitrogens with one attached hydrogen (secondary N) is 1. The fraction of sp³-hybridized carbons (Fsp3) is 0.320. The van der Waals surface area contributed by atoms with Crippen molar-refractivity contribution in [3.05, 3.63) is 81.8 Å². The van der Waals surface area contributed by atoms with E-state index in [4.69, 9.17) is 19.2 Å². The molecule has 1 amide bonds. The van der Waals surface area contributed by atoms with E-state index in [9.17, 15) is 5.11 Å². The molecule has 0 spiro atoms. The summed E-state index contributed by atoms with van der Waals surface area (Å²) in [4.78, 5) is 17.8. The molecule has 1 aliphatic carbocycles. The van der Waals surface area contributed by atoms with E-state index < -0.39 is 0 Å². The highest BCUT2D eigenvalue weighted by Crippen LogP contribution is 2.44. The fourth-order valence-corrected chi connectivity index (χ4v) is 3.63. The van der Waals surface area contributed by atoms with Crippen molar-refractivity contribution in [2.24, 2.45) is 5.29 Å². The molecule has 0 bridgehead atoms. The van der Waals surface area contributed by atoms with Crippen molar-refractivity contribution in [2.45, 2.75) is 39.2 Å². The summed E-state index contributed by atoms with van der Waals surface area (Å²) < 4.78 is 11.7. The zero-order valence-corrected chi connectivity index (χ0v) is 18.7. The average molecular weight is 439 g/mol. The molecule has 0 saturated carbocycles. The van der Waals surface area contributed by atoms with Crippen LogP contribution in [-0.4, -0.2) is 25.2 Å². The monoisotopic (exact) mass is 438 g/mol. The highest BCUT2D eigenvalue weighted by Gasteiger charge is 2.26. The summed E-state index contributed by atoms with van der Waals surface area (Å²) in [5.41, 5.74) is 7.40. The van der Waals surface area contributed by atoms with Crippen molar-refractivity contribution in [3.8, 4) is 11.5 Å². The van der Waals surface area contributed by atoms with Crippen LogP contribution in [0.5, 0.6) is 11.5 Å². The number of allylic oxidation sites excluding steroid dienone is 4. The molecule has 7 nitrogen and oxygen atoms in total. The normalized spacial score (nSPS) is 14.8. The number of nitrogens with zero attached hydrogens (tertiary/aromatic N) is 1. The number of hydrogen-bond donors (Lipinski definition) is 2. The van der Waals surface area contributed by atoms with Gasteiger partial charge in [-0.1, -0.05) is 55.0 Å². The number of hydrogen-bond acceptors (Lipinski definition) is 6. The van der Waals surface area contributed by atoms with E-state index in [0.717, 1.165) is 35.3 Å². The molecule has 1 unspecified atom stereocenters. The standard InChI is InChI=1S/C24H28O3.CH2N2O2/c1-4-5-11-20-17(2)12-19(15-25)21-13-23(26-3)24(14-22(20)21)27-16-18-9-7-6-8-10-18;4-1-2-3-5/h5-11,13-14,19,25H,4,12,15-16H2,1-3H3;1H,(H,2,4,5)/b11-5-;. The largest absolute Gasteiger partial charge is 0.493 e. The van der Waals surface area contributed by atoms with Gasteiger partial charge in [0.25, 0.3) is 0 Å². The Kier molecular flexibility index (Phi) is 10.1. The Morgan fingerprint density at radius 1 is 1.22 bits per heavy atom. The Bertz CT molecular complexity index is 948. The lowest BCUT2D eigenvalue weighted by molar-refractivity contribution is -0.109. The molecule has 1 atom stereocenters. The lowest BCUT2D eigenvalue weighted by Crippen LogP contribution is -2.14. The number of aliphatic hydroxyl groups excluding tert-OH is 1. The number of aliphatic hydroxyl groups is 1. The van der Waals surface area contributed by atoms with Gasteiger partial charge in [-0.3, -0.25) is 4.79 Å². The summed E-state index contributed by atoms with van der Waals surface area (Å²) in [6.45, 7) is 4.90. The molecule has 0 aromatic heterocycles. The Labute approximate surface area is 188 Å². The number of benzene rings is 2. The van der Waals surface area contributed by atoms with Crippen LogP contribution in [0.3, 0.4) is 0 Å². The minimum atomic E-state index is 0.0934. The summed E-state index contributed by atoms with van der Waals surface area (Å²) in [6, 6.07) is 14.2. The van der Waals surface area contributed by atoms with Crippen molar-refractivity contribution in [3.63, 3.8) is 0 Å². The highest BCUT2D eigenvalue weighted by molar-refractivity contribution is 5.82. The maximum absolute atomic E-state index is 9.89. The van der Waals surface area contributed by atoms with Crippen LogP contribution < -0.4 is 14.9 Å². The summed E-state index contributed by atoms with van der Waals surface area (Å²) in [5.74, 6) is 1.53. The smallest absolute Gasteiger partial charge is 0.229 e. The Morgan fingerprint density at radius 2 is 1.97 bits per heavy atom. The van der Waals surface area contributed by atoms with Crippen LogP contribution in [-0.2, 0) is 11.4 Å². The average Bonchev–Trinajstić information content (AvgIpc) is 2.82. The van der Waals surface area contributed by atoms with Crippen molar-refractivity contribution in [2.75, 3.05) is 13.7 Å². The van der Waals surface area contributed by atoms with Gasteiger partial charge in [-0.2, -0.15) is 0 Å². The number of carbonyl (C=O) groups is 1. The summed E-state index contributed by atoms with van der Waals surface area (Å²) in [6.07, 6.45) is 6.42. The minimum absolute atomic E-state index is 0.0934. The van der Waals surface area contributed by atoms with Gasteiger partial charge in [0.1, 0.15) is 6.61 Å². The van der Waals surface area contributed by atoms with Gasteiger partial charge >= 0.3 is 0 Å². The van der Waals surface area contributed by atoms with E-state index in [1.807, 2.05) is 41.7 Å². The van der Waals surface area contributed by atoms with E-state index in [-0.39, 0.29) is 18.9 Å². The number of amides is 1. The van der Waals surface area contributed by atoms with Crippen LogP contribution in [0.15, 0.2) is 65.5 Å². The zero-order chi connectivity index (χ0) is 23.3. The first-order valence-electron chi connectivity index (χ1n) is 10.5. The summed E-state index contributed by atoms with van der Waals surface area (Å²) >= 11 is 0. The van der Waals surface area contributed by atoms with Gasteiger partial charge in [-0.05, 0) is 54.2 Å². The third-order valence-electron chi connectivity index (χ3n) is 5.16. The molecule has 3 rings (SSSR count). The Balaban J connectivity index is 0.000000654. The molecule has 0 radical (unpaired) electrons. The van der Waals surface area contributed by atoms with Crippen LogP contribution in [0, 0.1) is 4.91 Å². The molecule has 0 heterocycles. The lowest BCUT2D eigenvalue weighted by atomic mass is 9.79. The number of methoxy groups -OCH3 is 1. The third kappa shape index (κ3) is 6.52. The molecule has 0 saturated heterocycles. The fourth-order valence-electron chi connectivity index (χ4n) is 3.63. The van der Waals surface area contributed by atoms with Crippen molar-refractivity contribution >= 4 is 12.0 Å². The van der Waals surface area contributed by atoms with Crippen molar-refractivity contribution in [1.29, 1.82) is 0 Å². The molecule has 2 aromatic rings. The van der Waals surface area contributed by atoms with Gasteiger partial charge in [0.2, 0.25) is 6.41 Å². The van der Waals surface area contributed by atoms with Gasteiger partial charge in [-0.15, -0.1) is 4.91 Å². The van der Waals surface area contributed by atoms with Gasteiger partial charge in [-0.25, -0.2) is 5.43 Å². The molecule has 170 valence electrons. The van der Waals surface area contributed by atoms with E-state index >= 15 is 0 Å². The summed E-state index contributed by atoms with van der Waals surface area (Å²) in [5, 5.41) is 11.9. The number of fused-ring (bicyclic) bond motifs is 1. The molecule has 0 fully saturated rings. The SMILES string of the molecule is CC/C=C\C1=C(C)CC(CO)c2cc(OC)c(OCc3ccccc3)cc21.O=CNN=O. The Hall–Kier alpha value is -3.45. The van der Waals surface area contributed by atoms with Crippen LogP contribution in [0.2, 0.25) is 0 Å². The van der Waals surface area contributed by atoms with Crippen molar-refractivity contribution < 1.29 is 19.4 Å². The predicted octanol–water partition coefficient (Wildman–Crippen LogP) is 4.91. The second-order valence-electron chi connectivity index (χ2n) is 7.29. The predicted molar refractivity (Wildman–Crippen MR) is 125 cm³/mol. The van der Waals surface area contributed by atoms with E-state index in [0.29, 0.717) is 12.4 Å². The first-order valence-corrected chi connectivity index (χ1v) is 10.5. The number of ether oxygens (including phenoxy) is 2. The third-order valence-corrected chi connectivity index (χ3v) is 5.16. The van der Waals surface area contributed by atoms with E-state index in [1.54, 1.807) is 7.11 Å². The van der Waals surface area contributed by atoms with Crippen LogP contribution >= 0.6 is 0 Å². The van der Waals surface area contributed by atoms with Gasteiger partial charge in [0.05, 0.1) is 19.0 Å². The van der Waals surface area contributed by atoms with Gasteiger partial charge in [0, 0.05) is 5.92 Å². The molecular weight excluding hydrogens is 408 g/mol. The highest BCUT2D eigenvalue weighted by atomic mass is 16.5. The maximum atomic E-state index is 9.89. The van der Waals surface area contributed by atoms with Crippen LogP contribution in [0.1, 0.15) is 49.3 Å². The lowest BCUT2D eigenvalue weighted by Gasteiger charge is -2.28. The van der Waals surface area contributed by atoms with Crippen molar-refractivity contribution in [1.82, 2.24) is 5.43 Å². The van der Waals surface area contributed by atoms with Crippen LogP contribution in [0.4, 0.5) is 0 Å². The first kappa shape index (κ1) is 24.8. The van der Waals surface area contributed by atoms with E-state index in [1.165, 1.54) is 16.6 Å². The minimum Gasteiger partial charge on any atom is -0.493 e.